The minimum Gasteiger partial charge on any atom is -0.381 e. The van der Waals surface area contributed by atoms with Crippen molar-refractivity contribution in [3.05, 3.63) is 29.8 Å². The third kappa shape index (κ3) is 6.41. The van der Waals surface area contributed by atoms with Crippen molar-refractivity contribution in [3.8, 4) is 5.75 Å². The molecule has 1 aromatic rings. The highest BCUT2D eigenvalue weighted by molar-refractivity contribution is 7.74. The lowest BCUT2D eigenvalue weighted by atomic mass is 10.1. The lowest BCUT2D eigenvalue weighted by Gasteiger charge is -2.04. The second kappa shape index (κ2) is 8.22. The van der Waals surface area contributed by atoms with Gasteiger partial charge in [0.2, 0.25) is 0 Å². The predicted molar refractivity (Wildman–Crippen MR) is 67.3 cm³/mol. The van der Waals surface area contributed by atoms with Crippen molar-refractivity contribution in [2.24, 2.45) is 0 Å². The largest absolute Gasteiger partial charge is 0.381 e. The van der Waals surface area contributed by atoms with E-state index in [9.17, 15) is 4.21 Å². The maximum absolute atomic E-state index is 10.4. The molecule has 1 N–H and O–H groups in total. The van der Waals surface area contributed by atoms with E-state index in [-0.39, 0.29) is 0 Å². The normalized spacial score (nSPS) is 12.4. The first-order valence-electron chi connectivity index (χ1n) is 5.68. The summed E-state index contributed by atoms with van der Waals surface area (Å²) in [7, 11) is 0. The van der Waals surface area contributed by atoms with E-state index in [4.69, 9.17) is 9.29 Å². The molecule has 5 heteroatoms. The number of hydrogen-bond acceptors (Lipinski definition) is 3. The predicted octanol–water partition coefficient (Wildman–Crippen LogP) is 2.56. The Bertz CT molecular complexity index is 337. The van der Waals surface area contributed by atoms with E-state index in [1.54, 1.807) is 12.1 Å². The summed E-state index contributed by atoms with van der Waals surface area (Å²) in [6.07, 6.45) is 3.08. The SMILES string of the molecule is CCCCOCCc1ccc(OS(=O)O)cc1. The second-order valence-corrected chi connectivity index (χ2v) is 4.26. The maximum Gasteiger partial charge on any atom is 0.357 e. The minimum absolute atomic E-state index is 0.390. The monoisotopic (exact) mass is 258 g/mol. The van der Waals surface area contributed by atoms with E-state index in [2.05, 4.69) is 11.1 Å². The molecule has 1 rings (SSSR count). The van der Waals surface area contributed by atoms with Crippen LogP contribution in [0.2, 0.25) is 0 Å². The second-order valence-electron chi connectivity index (χ2n) is 3.66. The summed E-state index contributed by atoms with van der Waals surface area (Å²) in [4.78, 5) is 0. The van der Waals surface area contributed by atoms with Gasteiger partial charge >= 0.3 is 11.4 Å². The van der Waals surface area contributed by atoms with Crippen molar-refractivity contribution in [3.63, 3.8) is 0 Å². The van der Waals surface area contributed by atoms with Gasteiger partial charge in [-0.15, -0.1) is 0 Å². The molecule has 0 aliphatic rings. The van der Waals surface area contributed by atoms with Gasteiger partial charge in [0, 0.05) is 6.61 Å². The lowest BCUT2D eigenvalue weighted by Crippen LogP contribution is -2.00. The minimum atomic E-state index is -2.26. The number of benzene rings is 1. The summed E-state index contributed by atoms with van der Waals surface area (Å²) in [6.45, 7) is 3.64. The molecule has 1 aromatic carbocycles. The van der Waals surface area contributed by atoms with Crippen molar-refractivity contribution in [2.75, 3.05) is 13.2 Å². The molecule has 0 saturated heterocycles. The quantitative estimate of drug-likeness (QED) is 0.575. The number of unbranched alkanes of at least 4 members (excludes halogenated alkanes) is 1. The molecular formula is C12H18O4S. The molecule has 0 heterocycles. The molecule has 17 heavy (non-hydrogen) atoms. The zero-order chi connectivity index (χ0) is 12.5. The Kier molecular flexibility index (Phi) is 6.84. The number of rotatable bonds is 8. The van der Waals surface area contributed by atoms with Gasteiger partial charge in [0.1, 0.15) is 5.75 Å². The Morgan fingerprint density at radius 1 is 1.24 bits per heavy atom. The molecule has 0 radical (unpaired) electrons. The van der Waals surface area contributed by atoms with Gasteiger partial charge in [-0.2, -0.15) is 4.21 Å². The molecule has 0 aliphatic carbocycles. The number of hydrogen-bond donors (Lipinski definition) is 1. The van der Waals surface area contributed by atoms with Gasteiger partial charge in [-0.3, -0.25) is 4.55 Å². The van der Waals surface area contributed by atoms with Crippen LogP contribution in [-0.4, -0.2) is 22.0 Å². The Hall–Kier alpha value is -0.910. The zero-order valence-electron chi connectivity index (χ0n) is 9.93. The van der Waals surface area contributed by atoms with Crippen LogP contribution in [0, 0.1) is 0 Å². The van der Waals surface area contributed by atoms with Crippen molar-refractivity contribution < 1.29 is 17.7 Å². The first-order chi connectivity index (χ1) is 8.22. The Morgan fingerprint density at radius 2 is 1.94 bits per heavy atom. The van der Waals surface area contributed by atoms with Gasteiger partial charge in [0.05, 0.1) is 6.61 Å². The van der Waals surface area contributed by atoms with Crippen LogP contribution in [0.15, 0.2) is 24.3 Å². The van der Waals surface area contributed by atoms with Crippen LogP contribution >= 0.6 is 0 Å². The summed E-state index contributed by atoms with van der Waals surface area (Å²) in [5.74, 6) is 0.390. The van der Waals surface area contributed by atoms with Crippen LogP contribution in [0.1, 0.15) is 25.3 Å². The van der Waals surface area contributed by atoms with E-state index >= 15 is 0 Å². The van der Waals surface area contributed by atoms with Crippen LogP contribution in [-0.2, 0) is 22.5 Å². The highest BCUT2D eigenvalue weighted by Crippen LogP contribution is 2.13. The summed E-state index contributed by atoms with van der Waals surface area (Å²) < 4.78 is 29.0. The molecular weight excluding hydrogens is 240 g/mol. The van der Waals surface area contributed by atoms with Crippen LogP contribution in [0.25, 0.3) is 0 Å². The molecule has 0 amide bonds. The third-order valence-corrected chi connectivity index (χ3v) is 2.60. The fourth-order valence-corrected chi connectivity index (χ4v) is 1.61. The molecule has 0 aliphatic heterocycles. The summed E-state index contributed by atoms with van der Waals surface area (Å²) in [6, 6.07) is 7.09. The van der Waals surface area contributed by atoms with Crippen LogP contribution in [0.3, 0.4) is 0 Å². The van der Waals surface area contributed by atoms with E-state index in [0.29, 0.717) is 12.4 Å². The molecule has 0 aromatic heterocycles. The van der Waals surface area contributed by atoms with Gasteiger partial charge < -0.3 is 8.92 Å². The first kappa shape index (κ1) is 14.2. The Balaban J connectivity index is 2.28. The maximum atomic E-state index is 10.4. The average Bonchev–Trinajstić information content (AvgIpc) is 2.30. The van der Waals surface area contributed by atoms with E-state index < -0.39 is 11.4 Å². The van der Waals surface area contributed by atoms with Crippen molar-refractivity contribution in [1.82, 2.24) is 0 Å². The molecule has 0 saturated carbocycles. The Labute approximate surface area is 104 Å². The molecule has 0 fully saturated rings. The topological polar surface area (TPSA) is 55.8 Å². The molecule has 4 nitrogen and oxygen atoms in total. The van der Waals surface area contributed by atoms with E-state index in [0.717, 1.165) is 31.4 Å². The van der Waals surface area contributed by atoms with E-state index in [1.807, 2.05) is 12.1 Å². The van der Waals surface area contributed by atoms with Gasteiger partial charge in [0.15, 0.2) is 0 Å². The van der Waals surface area contributed by atoms with Crippen molar-refractivity contribution in [2.45, 2.75) is 26.2 Å². The van der Waals surface area contributed by atoms with Gasteiger partial charge in [-0.1, -0.05) is 25.5 Å². The van der Waals surface area contributed by atoms with Gasteiger partial charge in [0.25, 0.3) is 0 Å². The molecule has 0 spiro atoms. The molecule has 0 bridgehead atoms. The van der Waals surface area contributed by atoms with Crippen LogP contribution in [0.4, 0.5) is 0 Å². The first-order valence-corrected chi connectivity index (χ1v) is 6.71. The highest BCUT2D eigenvalue weighted by atomic mass is 32.2. The smallest absolute Gasteiger partial charge is 0.357 e. The lowest BCUT2D eigenvalue weighted by molar-refractivity contribution is 0.134. The van der Waals surface area contributed by atoms with Crippen LogP contribution < -0.4 is 4.18 Å². The summed E-state index contributed by atoms with van der Waals surface area (Å²) in [5, 5.41) is 0. The van der Waals surface area contributed by atoms with E-state index in [1.165, 1.54) is 0 Å². The summed E-state index contributed by atoms with van der Waals surface area (Å²) >= 11 is -2.26. The standard InChI is InChI=1S/C12H18O4S/c1-2-3-9-15-10-8-11-4-6-12(7-5-11)16-17(13)14/h4-7H,2-3,8-10H2,1H3,(H,13,14). The highest BCUT2D eigenvalue weighted by Gasteiger charge is 1.99. The van der Waals surface area contributed by atoms with Crippen LogP contribution in [0.5, 0.6) is 5.75 Å². The summed E-state index contributed by atoms with van der Waals surface area (Å²) in [5.41, 5.74) is 1.12. The molecule has 1 atom stereocenters. The fourth-order valence-electron chi connectivity index (χ4n) is 1.33. The Morgan fingerprint density at radius 3 is 2.53 bits per heavy atom. The molecule has 96 valence electrons. The zero-order valence-corrected chi connectivity index (χ0v) is 10.7. The van der Waals surface area contributed by atoms with Gasteiger partial charge in [-0.05, 0) is 30.5 Å². The third-order valence-electron chi connectivity index (χ3n) is 2.27. The number of ether oxygens (including phenoxy) is 1. The van der Waals surface area contributed by atoms with Crippen molar-refractivity contribution in [1.29, 1.82) is 0 Å². The average molecular weight is 258 g/mol. The fraction of sp³-hybridized carbons (Fsp3) is 0.500. The molecule has 1 unspecified atom stereocenters. The van der Waals surface area contributed by atoms with Gasteiger partial charge in [-0.25, -0.2) is 0 Å². The van der Waals surface area contributed by atoms with Crippen molar-refractivity contribution >= 4 is 11.4 Å².